The fraction of sp³-hybridized carbons (Fsp3) is 0.500. The summed E-state index contributed by atoms with van der Waals surface area (Å²) in [6.45, 7) is 13.9. The van der Waals surface area contributed by atoms with Crippen LogP contribution in [0.1, 0.15) is 70.0 Å². The van der Waals surface area contributed by atoms with Gasteiger partial charge in [-0.15, -0.1) is 0 Å². The van der Waals surface area contributed by atoms with Gasteiger partial charge in [-0.2, -0.15) is 5.10 Å². The lowest BCUT2D eigenvalue weighted by molar-refractivity contribution is -0.112. The number of amides is 1. The number of aromatic hydroxyl groups is 3. The number of allylic oxidation sites excluding steroid dienone is 2. The van der Waals surface area contributed by atoms with E-state index in [1.165, 1.54) is 40.2 Å². The molecule has 0 fully saturated rings. The number of carbonyl (C=O) groups is 2. The van der Waals surface area contributed by atoms with Crippen molar-refractivity contribution >= 4 is 34.4 Å². The predicted molar refractivity (Wildman–Crippen MR) is 194 cm³/mol. The first-order valence-corrected chi connectivity index (χ1v) is 17.0. The van der Waals surface area contributed by atoms with Gasteiger partial charge in [0.15, 0.2) is 5.75 Å². The molecular weight excluding hydrogens is 658 g/mol. The molecule has 0 saturated heterocycles. The van der Waals surface area contributed by atoms with Gasteiger partial charge in [0.2, 0.25) is 0 Å². The van der Waals surface area contributed by atoms with Crippen LogP contribution in [0.5, 0.6) is 23.0 Å². The number of aliphatic hydroxyl groups excluding tert-OH is 2. The van der Waals surface area contributed by atoms with E-state index in [1.807, 2.05) is 27.7 Å². The highest BCUT2D eigenvalue weighted by molar-refractivity contribution is 6.23. The van der Waals surface area contributed by atoms with Gasteiger partial charge in [0.05, 0.1) is 53.0 Å². The van der Waals surface area contributed by atoms with E-state index < -0.39 is 59.0 Å². The van der Waals surface area contributed by atoms with E-state index in [1.54, 1.807) is 32.3 Å². The standard InChI is InChI=1S/C38H51N3O10/c1-17-12-11-13-18(2)37(48)41-29-24(16-40-39-9)33(45)26-27(34(29)46)32(44)23(7)35-28(26)36(47)38(8,51-35)50-15-14-25(49-10)20(4)19(3)21(5)31(43)22(6)30(17)42/h11-17,19-22,25,30-31,39,42-46H,1-10H3,(H,41,48)/b12-11+,15-14+,18-13-,40-16+/t17-,19+,20-,21-,22+,25-,30-,31-,38-/m0/s1. The number of phenolic OH excluding ortho intramolecular Hbond substituents is 3. The van der Waals surface area contributed by atoms with Crippen LogP contribution in [0, 0.1) is 36.5 Å². The van der Waals surface area contributed by atoms with E-state index in [0.29, 0.717) is 0 Å². The van der Waals surface area contributed by atoms with Gasteiger partial charge in [0.25, 0.3) is 11.7 Å². The molecule has 0 unspecified atom stereocenters. The summed E-state index contributed by atoms with van der Waals surface area (Å²) in [7, 11) is 3.05. The predicted octanol–water partition coefficient (Wildman–Crippen LogP) is 5.01. The summed E-state index contributed by atoms with van der Waals surface area (Å²) in [6, 6.07) is 0. The third kappa shape index (κ3) is 7.15. The van der Waals surface area contributed by atoms with Crippen molar-refractivity contribution in [3.05, 3.63) is 52.8 Å². The number of hydrogen-bond acceptors (Lipinski definition) is 12. The zero-order valence-electron chi connectivity index (χ0n) is 30.8. The minimum Gasteiger partial charge on any atom is -0.507 e. The van der Waals surface area contributed by atoms with E-state index in [9.17, 15) is 35.1 Å². The van der Waals surface area contributed by atoms with Crippen LogP contribution < -0.4 is 15.5 Å². The zero-order valence-corrected chi connectivity index (χ0v) is 30.8. The van der Waals surface area contributed by atoms with Gasteiger partial charge in [0.1, 0.15) is 17.2 Å². The second-order valence-corrected chi connectivity index (χ2v) is 13.9. The van der Waals surface area contributed by atoms with Crippen molar-refractivity contribution in [3.8, 4) is 23.0 Å². The van der Waals surface area contributed by atoms with Gasteiger partial charge < -0.3 is 50.5 Å². The van der Waals surface area contributed by atoms with Crippen molar-refractivity contribution in [1.82, 2.24) is 5.43 Å². The number of aliphatic hydroxyl groups is 2. The van der Waals surface area contributed by atoms with Gasteiger partial charge in [-0.3, -0.25) is 9.59 Å². The fourth-order valence-corrected chi connectivity index (χ4v) is 6.82. The maximum Gasteiger partial charge on any atom is 0.312 e. The second-order valence-electron chi connectivity index (χ2n) is 13.9. The molecule has 3 aliphatic heterocycles. The Morgan fingerprint density at radius 3 is 2.22 bits per heavy atom. The number of hydrogen-bond donors (Lipinski definition) is 7. The normalized spacial score (nSPS) is 33.1. The van der Waals surface area contributed by atoms with E-state index >= 15 is 0 Å². The van der Waals surface area contributed by atoms with Crippen molar-refractivity contribution in [2.75, 3.05) is 19.5 Å². The highest BCUT2D eigenvalue weighted by atomic mass is 16.7. The molecule has 3 aliphatic rings. The highest BCUT2D eigenvalue weighted by Gasteiger charge is 2.49. The molecule has 51 heavy (non-hydrogen) atoms. The molecule has 0 aliphatic carbocycles. The Morgan fingerprint density at radius 2 is 1.59 bits per heavy atom. The number of hydrazone groups is 1. The molecule has 3 heterocycles. The molecule has 0 saturated carbocycles. The van der Waals surface area contributed by atoms with Crippen LogP contribution in [0.3, 0.4) is 0 Å². The van der Waals surface area contributed by atoms with Gasteiger partial charge in [-0.25, -0.2) is 0 Å². The molecule has 13 heteroatoms. The largest absolute Gasteiger partial charge is 0.507 e. The summed E-state index contributed by atoms with van der Waals surface area (Å²) in [5.41, 5.74) is 2.28. The maximum atomic E-state index is 14.1. The van der Waals surface area contributed by atoms with E-state index in [-0.39, 0.29) is 68.1 Å². The summed E-state index contributed by atoms with van der Waals surface area (Å²) >= 11 is 0. The molecule has 2 aromatic rings. The third-order valence-electron chi connectivity index (χ3n) is 10.7. The molecular formula is C38H51N3O10. The van der Waals surface area contributed by atoms with Crippen molar-refractivity contribution in [2.45, 2.75) is 79.5 Å². The topological polar surface area (TPSA) is 199 Å². The smallest absolute Gasteiger partial charge is 0.312 e. The molecule has 278 valence electrons. The number of fused-ring (bicyclic) bond motifs is 14. The minimum absolute atomic E-state index is 0.0568. The SMILES string of the molecule is CN/N=C/c1c2c(O)c3c(O)c(C)c4c(c3c1O)C(=O)[C@@](C)(O/C=C/[C@H](OC)[C@@H](C)[C@@H](C)[C@H](C)[C@H](O)[C@H](C)[C@@H](O)[C@@H](C)/C=C/C=C(/C)C(=O)N2)O4. The number of methoxy groups -OCH3 is 1. The molecule has 9 atom stereocenters. The minimum atomic E-state index is -1.94. The highest BCUT2D eigenvalue weighted by Crippen LogP contribution is 2.55. The lowest BCUT2D eigenvalue weighted by Crippen LogP contribution is -2.41. The third-order valence-corrected chi connectivity index (χ3v) is 10.7. The molecule has 13 nitrogen and oxygen atoms in total. The number of rotatable bonds is 3. The van der Waals surface area contributed by atoms with Gasteiger partial charge in [-0.1, -0.05) is 52.8 Å². The van der Waals surface area contributed by atoms with Gasteiger partial charge in [0, 0.05) is 49.4 Å². The van der Waals surface area contributed by atoms with Crippen LogP contribution >= 0.6 is 0 Å². The van der Waals surface area contributed by atoms with E-state index in [0.717, 1.165) is 6.21 Å². The molecule has 1 amide bonds. The summed E-state index contributed by atoms with van der Waals surface area (Å²) < 4.78 is 17.8. The lowest BCUT2D eigenvalue weighted by Gasteiger charge is -2.37. The van der Waals surface area contributed by atoms with E-state index in [4.69, 9.17) is 14.2 Å². The lowest BCUT2D eigenvalue weighted by atomic mass is 9.74. The van der Waals surface area contributed by atoms with Crippen molar-refractivity contribution in [2.24, 2.45) is 34.7 Å². The Morgan fingerprint density at radius 1 is 0.922 bits per heavy atom. The first-order chi connectivity index (χ1) is 23.9. The summed E-state index contributed by atoms with van der Waals surface area (Å²) in [5, 5.41) is 63.2. The Hall–Kier alpha value is -4.59. The molecule has 0 spiro atoms. The molecule has 2 aromatic carbocycles. The average molecular weight is 710 g/mol. The van der Waals surface area contributed by atoms with Crippen LogP contribution in [-0.4, -0.2) is 81.7 Å². The summed E-state index contributed by atoms with van der Waals surface area (Å²) in [4.78, 5) is 27.6. The first kappa shape index (κ1) is 39.2. The number of nitrogens with zero attached hydrogens (tertiary/aromatic N) is 1. The molecule has 5 bridgehead atoms. The van der Waals surface area contributed by atoms with Gasteiger partial charge in [-0.05, 0) is 37.7 Å². The van der Waals surface area contributed by atoms with Crippen LogP contribution in [0.15, 0.2) is 41.2 Å². The molecule has 0 aromatic heterocycles. The first-order valence-electron chi connectivity index (χ1n) is 17.0. The van der Waals surface area contributed by atoms with Crippen molar-refractivity contribution < 1.29 is 49.3 Å². The Bertz CT molecular complexity index is 1800. The van der Waals surface area contributed by atoms with Crippen LogP contribution in [-0.2, 0) is 14.3 Å². The fourth-order valence-electron chi connectivity index (χ4n) is 6.82. The Balaban J connectivity index is 1.95. The van der Waals surface area contributed by atoms with Crippen LogP contribution in [0.25, 0.3) is 10.8 Å². The van der Waals surface area contributed by atoms with Crippen LogP contribution in [0.4, 0.5) is 5.69 Å². The Kier molecular flexibility index (Phi) is 11.8. The zero-order chi connectivity index (χ0) is 38.1. The second kappa shape index (κ2) is 15.3. The number of Topliss-reactive ketones (excluding diaryl/α,β-unsaturated/α-hetero) is 1. The molecule has 5 rings (SSSR count). The molecule has 7 N–H and O–H groups in total. The number of ketones is 1. The monoisotopic (exact) mass is 709 g/mol. The van der Waals surface area contributed by atoms with Gasteiger partial charge >= 0.3 is 5.79 Å². The number of benzene rings is 2. The average Bonchev–Trinajstić information content (AvgIpc) is 3.37. The number of anilines is 1. The summed E-state index contributed by atoms with van der Waals surface area (Å²) in [6.07, 6.45) is 6.69. The Labute approximate surface area is 298 Å². The number of nitrogens with one attached hydrogen (secondary N) is 2. The quantitative estimate of drug-likeness (QED) is 0.0978. The van der Waals surface area contributed by atoms with Crippen molar-refractivity contribution in [1.29, 1.82) is 0 Å². The van der Waals surface area contributed by atoms with Crippen molar-refractivity contribution in [3.63, 3.8) is 0 Å². The summed E-state index contributed by atoms with van der Waals surface area (Å²) in [5.74, 6) is -6.40. The van der Waals surface area contributed by atoms with Crippen LogP contribution in [0.2, 0.25) is 0 Å². The number of phenols is 3. The number of carbonyl (C=O) groups excluding carboxylic acids is 2. The number of ether oxygens (including phenoxy) is 3. The molecule has 0 radical (unpaired) electrons. The maximum absolute atomic E-state index is 14.1. The van der Waals surface area contributed by atoms with E-state index in [2.05, 4.69) is 15.8 Å².